The van der Waals surface area contributed by atoms with Gasteiger partial charge < -0.3 is 4.90 Å². The Hall–Kier alpha value is -1.62. The van der Waals surface area contributed by atoms with E-state index in [1.807, 2.05) is 0 Å². The first-order chi connectivity index (χ1) is 9.59. The molecule has 0 unspecified atom stereocenters. The highest BCUT2D eigenvalue weighted by Crippen LogP contribution is 2.24. The molecule has 108 valence electrons. The predicted molar refractivity (Wildman–Crippen MR) is 77.1 cm³/mol. The van der Waals surface area contributed by atoms with Crippen molar-refractivity contribution < 1.29 is 9.72 Å². The van der Waals surface area contributed by atoms with Crippen molar-refractivity contribution in [1.29, 1.82) is 0 Å². The fraction of sp³-hybridized carbons (Fsp3) is 0.500. The molecule has 0 radical (unpaired) electrons. The second-order valence-electron chi connectivity index (χ2n) is 4.98. The zero-order valence-corrected chi connectivity index (χ0v) is 11.9. The van der Waals surface area contributed by atoms with Crippen LogP contribution in [0.3, 0.4) is 0 Å². The summed E-state index contributed by atoms with van der Waals surface area (Å²) in [6.45, 7) is 1.46. The van der Waals surface area contributed by atoms with Gasteiger partial charge in [-0.15, -0.1) is 0 Å². The van der Waals surface area contributed by atoms with Crippen LogP contribution in [0.5, 0.6) is 0 Å². The molecule has 0 saturated carbocycles. The molecule has 0 aromatic heterocycles. The van der Waals surface area contributed by atoms with Crippen LogP contribution in [0.2, 0.25) is 5.02 Å². The molecule has 1 amide bonds. The molecule has 6 heteroatoms. The highest BCUT2D eigenvalue weighted by Gasteiger charge is 2.20. The quantitative estimate of drug-likeness (QED) is 0.618. The lowest BCUT2D eigenvalue weighted by Crippen LogP contribution is -2.34. The number of hydrogen-bond donors (Lipinski definition) is 0. The van der Waals surface area contributed by atoms with E-state index in [9.17, 15) is 14.9 Å². The molecule has 20 heavy (non-hydrogen) atoms. The number of carbonyl (C=O) groups excluding carboxylic acids is 1. The SMILES string of the molecule is O=C(c1ccc([N+](=O)[O-])cc1Cl)N1CCCCCCC1. The molecular weight excluding hydrogens is 280 g/mol. The Morgan fingerprint density at radius 1 is 1.15 bits per heavy atom. The number of halogens is 1. The number of benzene rings is 1. The molecule has 0 spiro atoms. The summed E-state index contributed by atoms with van der Waals surface area (Å²) in [7, 11) is 0. The number of amides is 1. The highest BCUT2D eigenvalue weighted by atomic mass is 35.5. The molecule has 1 fully saturated rings. The van der Waals surface area contributed by atoms with Crippen molar-refractivity contribution in [2.45, 2.75) is 32.1 Å². The summed E-state index contributed by atoms with van der Waals surface area (Å²) in [5.74, 6) is -0.133. The van der Waals surface area contributed by atoms with Crippen molar-refractivity contribution >= 4 is 23.2 Å². The van der Waals surface area contributed by atoms with Crippen molar-refractivity contribution in [1.82, 2.24) is 4.90 Å². The summed E-state index contributed by atoms with van der Waals surface area (Å²) in [5.41, 5.74) is 0.247. The third-order valence-electron chi connectivity index (χ3n) is 3.54. The molecule has 1 saturated heterocycles. The minimum absolute atomic E-state index is 0.0979. The van der Waals surface area contributed by atoms with E-state index >= 15 is 0 Å². The van der Waals surface area contributed by atoms with E-state index in [0.29, 0.717) is 5.56 Å². The van der Waals surface area contributed by atoms with E-state index in [0.717, 1.165) is 38.8 Å². The maximum absolute atomic E-state index is 12.4. The lowest BCUT2D eigenvalue weighted by molar-refractivity contribution is -0.384. The van der Waals surface area contributed by atoms with Gasteiger partial charge in [0.1, 0.15) is 0 Å². The van der Waals surface area contributed by atoms with Crippen LogP contribution in [-0.4, -0.2) is 28.8 Å². The zero-order valence-electron chi connectivity index (χ0n) is 11.2. The monoisotopic (exact) mass is 296 g/mol. The van der Waals surface area contributed by atoms with Crippen LogP contribution in [0.1, 0.15) is 42.5 Å². The van der Waals surface area contributed by atoms with E-state index in [1.165, 1.54) is 24.6 Å². The van der Waals surface area contributed by atoms with Crippen LogP contribution in [0, 0.1) is 10.1 Å². The third kappa shape index (κ3) is 3.48. The third-order valence-corrected chi connectivity index (χ3v) is 3.85. The molecule has 0 atom stereocenters. The number of likely N-dealkylation sites (tertiary alicyclic amines) is 1. The summed E-state index contributed by atoms with van der Waals surface area (Å²) < 4.78 is 0. The summed E-state index contributed by atoms with van der Waals surface area (Å²) in [4.78, 5) is 24.4. The Kier molecular flexibility index (Phi) is 4.95. The van der Waals surface area contributed by atoms with Crippen LogP contribution in [-0.2, 0) is 0 Å². The zero-order chi connectivity index (χ0) is 14.5. The first-order valence-corrected chi connectivity index (χ1v) is 7.20. The minimum Gasteiger partial charge on any atom is -0.339 e. The van der Waals surface area contributed by atoms with E-state index in [-0.39, 0.29) is 16.6 Å². The Morgan fingerprint density at radius 3 is 2.30 bits per heavy atom. The van der Waals surface area contributed by atoms with Crippen LogP contribution in [0.25, 0.3) is 0 Å². The molecule has 2 rings (SSSR count). The van der Waals surface area contributed by atoms with Gasteiger partial charge in [-0.1, -0.05) is 30.9 Å². The number of rotatable bonds is 2. The van der Waals surface area contributed by atoms with Crippen molar-refractivity contribution in [3.8, 4) is 0 Å². The van der Waals surface area contributed by atoms with Crippen LogP contribution in [0.15, 0.2) is 18.2 Å². The smallest absolute Gasteiger partial charge is 0.270 e. The van der Waals surface area contributed by atoms with Crippen molar-refractivity contribution in [3.63, 3.8) is 0 Å². The number of hydrogen-bond acceptors (Lipinski definition) is 3. The topological polar surface area (TPSA) is 63.4 Å². The van der Waals surface area contributed by atoms with Gasteiger partial charge in [0.25, 0.3) is 11.6 Å². The average Bonchev–Trinajstić information content (AvgIpc) is 2.37. The molecule has 1 aromatic carbocycles. The largest absolute Gasteiger partial charge is 0.339 e. The fourth-order valence-electron chi connectivity index (χ4n) is 2.41. The Morgan fingerprint density at radius 2 is 1.75 bits per heavy atom. The number of nitrogens with zero attached hydrogens (tertiary/aromatic N) is 2. The molecule has 0 N–H and O–H groups in total. The molecule has 1 aliphatic heterocycles. The van der Waals surface area contributed by atoms with Crippen molar-refractivity contribution in [2.75, 3.05) is 13.1 Å². The summed E-state index contributed by atoms with van der Waals surface area (Å²) in [6, 6.07) is 4.00. The van der Waals surface area contributed by atoms with Gasteiger partial charge in [0, 0.05) is 25.2 Å². The first-order valence-electron chi connectivity index (χ1n) is 6.83. The van der Waals surface area contributed by atoms with Gasteiger partial charge in [-0.3, -0.25) is 14.9 Å². The Bertz CT molecular complexity index is 511. The standard InChI is InChI=1S/C14H17ClN2O3/c15-13-10-11(17(19)20)6-7-12(13)14(18)16-8-4-2-1-3-5-9-16/h6-7,10H,1-5,8-9H2. The summed E-state index contributed by atoms with van der Waals surface area (Å²) >= 11 is 6.01. The average molecular weight is 297 g/mol. The molecule has 0 aliphatic carbocycles. The second-order valence-corrected chi connectivity index (χ2v) is 5.39. The van der Waals surface area contributed by atoms with Crippen LogP contribution in [0.4, 0.5) is 5.69 Å². The Labute approximate surface area is 122 Å². The van der Waals surface area contributed by atoms with E-state index in [4.69, 9.17) is 11.6 Å². The number of non-ortho nitro benzene ring substituents is 1. The maximum atomic E-state index is 12.4. The van der Waals surface area contributed by atoms with Crippen LogP contribution >= 0.6 is 11.6 Å². The molecular formula is C14H17ClN2O3. The molecule has 1 heterocycles. The number of nitro groups is 1. The fourth-order valence-corrected chi connectivity index (χ4v) is 2.67. The van der Waals surface area contributed by atoms with Gasteiger partial charge in [-0.05, 0) is 18.9 Å². The highest BCUT2D eigenvalue weighted by molar-refractivity contribution is 6.34. The number of carbonyl (C=O) groups is 1. The first kappa shape index (κ1) is 14.8. The Balaban J connectivity index is 2.17. The van der Waals surface area contributed by atoms with E-state index in [2.05, 4.69) is 0 Å². The lowest BCUT2D eigenvalue weighted by atomic mass is 10.1. The maximum Gasteiger partial charge on any atom is 0.270 e. The predicted octanol–water partition coefficient (Wildman–Crippen LogP) is 3.65. The van der Waals surface area contributed by atoms with Crippen LogP contribution < -0.4 is 0 Å². The molecule has 0 bridgehead atoms. The molecule has 5 nitrogen and oxygen atoms in total. The minimum atomic E-state index is -0.518. The van der Waals surface area contributed by atoms with Crippen molar-refractivity contribution in [2.24, 2.45) is 0 Å². The normalized spacial score (nSPS) is 16.4. The van der Waals surface area contributed by atoms with Gasteiger partial charge in [0.15, 0.2) is 0 Å². The second kappa shape index (κ2) is 6.70. The van der Waals surface area contributed by atoms with Gasteiger partial charge in [0.2, 0.25) is 0 Å². The number of nitro benzene ring substituents is 1. The van der Waals surface area contributed by atoms with E-state index in [1.54, 1.807) is 4.90 Å². The summed E-state index contributed by atoms with van der Waals surface area (Å²) in [6.07, 6.45) is 5.49. The van der Waals surface area contributed by atoms with Gasteiger partial charge in [-0.25, -0.2) is 0 Å². The van der Waals surface area contributed by atoms with Crippen molar-refractivity contribution in [3.05, 3.63) is 38.9 Å². The molecule has 1 aliphatic rings. The van der Waals surface area contributed by atoms with Gasteiger partial charge >= 0.3 is 0 Å². The van der Waals surface area contributed by atoms with Gasteiger partial charge in [-0.2, -0.15) is 0 Å². The van der Waals surface area contributed by atoms with E-state index < -0.39 is 4.92 Å². The molecule has 1 aromatic rings. The summed E-state index contributed by atoms with van der Waals surface area (Å²) in [5, 5.41) is 10.8. The lowest BCUT2D eigenvalue weighted by Gasteiger charge is -2.25. The van der Waals surface area contributed by atoms with Gasteiger partial charge in [0.05, 0.1) is 15.5 Å².